The number of hydrogen-bond donors (Lipinski definition) is 0. The standard InChI is InChI=1S/C15H22N2/c1-2-12-9-13-11-17(14-5-3-4-6-14)8-7-15(13)16-10-12/h9-10,14H,2-8,11H2,1H3. The number of aromatic nitrogens is 1. The van der Waals surface area contributed by atoms with Gasteiger partial charge in [0.05, 0.1) is 0 Å². The molecule has 0 spiro atoms. The molecule has 0 radical (unpaired) electrons. The van der Waals surface area contributed by atoms with Crippen molar-refractivity contribution in [2.75, 3.05) is 6.54 Å². The van der Waals surface area contributed by atoms with Crippen LogP contribution in [0.4, 0.5) is 0 Å². The lowest BCUT2D eigenvalue weighted by Gasteiger charge is -2.33. The maximum absolute atomic E-state index is 4.62. The van der Waals surface area contributed by atoms with E-state index in [0.29, 0.717) is 0 Å². The number of hydrogen-bond acceptors (Lipinski definition) is 2. The first-order chi connectivity index (χ1) is 8.36. The fourth-order valence-electron chi connectivity index (χ4n) is 3.27. The summed E-state index contributed by atoms with van der Waals surface area (Å²) < 4.78 is 0. The minimum atomic E-state index is 0.855. The van der Waals surface area contributed by atoms with E-state index in [4.69, 9.17) is 0 Å². The summed E-state index contributed by atoms with van der Waals surface area (Å²) in [4.78, 5) is 7.32. The number of aryl methyl sites for hydroxylation is 1. The Balaban J connectivity index is 1.78. The molecule has 2 aliphatic rings. The van der Waals surface area contributed by atoms with Gasteiger partial charge in [-0.15, -0.1) is 0 Å². The van der Waals surface area contributed by atoms with Crippen LogP contribution in [-0.2, 0) is 19.4 Å². The van der Waals surface area contributed by atoms with Crippen LogP contribution in [-0.4, -0.2) is 22.5 Å². The molecule has 1 aromatic rings. The smallest absolute Gasteiger partial charge is 0.0461 e. The summed E-state index contributed by atoms with van der Waals surface area (Å²) in [5, 5.41) is 0. The number of nitrogens with zero attached hydrogens (tertiary/aromatic N) is 2. The third-order valence-corrected chi connectivity index (χ3v) is 4.38. The van der Waals surface area contributed by atoms with E-state index in [1.165, 1.54) is 49.0 Å². The number of rotatable bonds is 2. The van der Waals surface area contributed by atoms with Crippen molar-refractivity contribution in [3.05, 3.63) is 29.1 Å². The highest BCUT2D eigenvalue weighted by atomic mass is 15.2. The van der Waals surface area contributed by atoms with E-state index < -0.39 is 0 Å². The molecule has 1 aliphatic carbocycles. The van der Waals surface area contributed by atoms with Crippen LogP contribution in [0.2, 0.25) is 0 Å². The summed E-state index contributed by atoms with van der Waals surface area (Å²) in [7, 11) is 0. The Hall–Kier alpha value is -0.890. The molecule has 1 saturated carbocycles. The van der Waals surface area contributed by atoms with Gasteiger partial charge in [0.25, 0.3) is 0 Å². The molecular weight excluding hydrogens is 208 g/mol. The molecule has 3 rings (SSSR count). The van der Waals surface area contributed by atoms with Crippen LogP contribution in [0.5, 0.6) is 0 Å². The predicted molar refractivity (Wildman–Crippen MR) is 70.0 cm³/mol. The number of fused-ring (bicyclic) bond motifs is 1. The molecule has 0 bridgehead atoms. The first kappa shape index (κ1) is 11.2. The fourth-order valence-corrected chi connectivity index (χ4v) is 3.27. The minimum absolute atomic E-state index is 0.855. The van der Waals surface area contributed by atoms with Crippen molar-refractivity contribution in [1.82, 2.24) is 9.88 Å². The Morgan fingerprint density at radius 1 is 1.35 bits per heavy atom. The lowest BCUT2D eigenvalue weighted by molar-refractivity contribution is 0.179. The molecule has 0 aromatic carbocycles. The van der Waals surface area contributed by atoms with E-state index in [9.17, 15) is 0 Å². The zero-order chi connectivity index (χ0) is 11.7. The zero-order valence-corrected chi connectivity index (χ0v) is 10.8. The van der Waals surface area contributed by atoms with Gasteiger partial charge in [-0.3, -0.25) is 9.88 Å². The summed E-state index contributed by atoms with van der Waals surface area (Å²) in [5.74, 6) is 0. The molecule has 1 fully saturated rings. The molecule has 2 heteroatoms. The second kappa shape index (κ2) is 4.77. The Bertz CT molecular complexity index is 394. The van der Waals surface area contributed by atoms with Crippen molar-refractivity contribution < 1.29 is 0 Å². The SMILES string of the molecule is CCc1cnc2c(c1)CN(C1CCCC1)CC2. The third-order valence-electron chi connectivity index (χ3n) is 4.38. The molecule has 17 heavy (non-hydrogen) atoms. The van der Waals surface area contributed by atoms with Crippen LogP contribution in [0.15, 0.2) is 12.3 Å². The summed E-state index contributed by atoms with van der Waals surface area (Å²) in [6.07, 6.45) is 10.00. The van der Waals surface area contributed by atoms with Gasteiger partial charge in [0, 0.05) is 37.4 Å². The average molecular weight is 230 g/mol. The van der Waals surface area contributed by atoms with Crippen molar-refractivity contribution in [1.29, 1.82) is 0 Å². The van der Waals surface area contributed by atoms with E-state index in [2.05, 4.69) is 29.1 Å². The van der Waals surface area contributed by atoms with Gasteiger partial charge in [0.15, 0.2) is 0 Å². The second-order valence-electron chi connectivity index (χ2n) is 5.46. The van der Waals surface area contributed by atoms with Gasteiger partial charge >= 0.3 is 0 Å². The largest absolute Gasteiger partial charge is 0.296 e. The summed E-state index contributed by atoms with van der Waals surface area (Å²) in [6, 6.07) is 3.23. The fraction of sp³-hybridized carbons (Fsp3) is 0.667. The molecule has 92 valence electrons. The van der Waals surface area contributed by atoms with Gasteiger partial charge in [0.1, 0.15) is 0 Å². The van der Waals surface area contributed by atoms with Crippen molar-refractivity contribution in [3.63, 3.8) is 0 Å². The van der Waals surface area contributed by atoms with E-state index in [-0.39, 0.29) is 0 Å². The molecule has 2 nitrogen and oxygen atoms in total. The van der Waals surface area contributed by atoms with Gasteiger partial charge < -0.3 is 0 Å². The van der Waals surface area contributed by atoms with E-state index in [1.54, 1.807) is 0 Å². The van der Waals surface area contributed by atoms with Crippen LogP contribution >= 0.6 is 0 Å². The van der Waals surface area contributed by atoms with Gasteiger partial charge in [-0.2, -0.15) is 0 Å². The highest BCUT2D eigenvalue weighted by Gasteiger charge is 2.26. The summed E-state index contributed by atoms with van der Waals surface area (Å²) >= 11 is 0. The summed E-state index contributed by atoms with van der Waals surface area (Å²) in [6.45, 7) is 4.57. The molecule has 1 aromatic heterocycles. The highest BCUT2D eigenvalue weighted by Crippen LogP contribution is 2.28. The molecule has 1 aliphatic heterocycles. The molecule has 0 atom stereocenters. The minimum Gasteiger partial charge on any atom is -0.296 e. The van der Waals surface area contributed by atoms with Crippen molar-refractivity contribution >= 4 is 0 Å². The Morgan fingerprint density at radius 3 is 2.94 bits per heavy atom. The highest BCUT2D eigenvalue weighted by molar-refractivity contribution is 5.27. The molecular formula is C15H22N2. The van der Waals surface area contributed by atoms with Gasteiger partial charge in [-0.1, -0.05) is 25.8 Å². The molecule has 0 N–H and O–H groups in total. The normalized spacial score (nSPS) is 21.7. The van der Waals surface area contributed by atoms with Crippen LogP contribution in [0.25, 0.3) is 0 Å². The Morgan fingerprint density at radius 2 is 2.18 bits per heavy atom. The summed E-state index contributed by atoms with van der Waals surface area (Å²) in [5.41, 5.74) is 4.22. The van der Waals surface area contributed by atoms with E-state index in [0.717, 1.165) is 25.4 Å². The second-order valence-corrected chi connectivity index (χ2v) is 5.46. The average Bonchev–Trinajstić information content (AvgIpc) is 2.91. The van der Waals surface area contributed by atoms with Gasteiger partial charge in [0.2, 0.25) is 0 Å². The first-order valence-electron chi connectivity index (χ1n) is 7.07. The van der Waals surface area contributed by atoms with Crippen molar-refractivity contribution in [2.45, 2.75) is 58.0 Å². The lowest BCUT2D eigenvalue weighted by atomic mass is 10.0. The topological polar surface area (TPSA) is 16.1 Å². The zero-order valence-electron chi connectivity index (χ0n) is 10.8. The third kappa shape index (κ3) is 2.23. The van der Waals surface area contributed by atoms with Crippen LogP contribution in [0.1, 0.15) is 49.4 Å². The van der Waals surface area contributed by atoms with Crippen LogP contribution < -0.4 is 0 Å². The van der Waals surface area contributed by atoms with Gasteiger partial charge in [-0.05, 0) is 30.4 Å². The predicted octanol–water partition coefficient (Wildman–Crippen LogP) is 2.94. The van der Waals surface area contributed by atoms with E-state index >= 15 is 0 Å². The van der Waals surface area contributed by atoms with Crippen LogP contribution in [0, 0.1) is 0 Å². The van der Waals surface area contributed by atoms with E-state index in [1.807, 2.05) is 0 Å². The molecule has 0 amide bonds. The quantitative estimate of drug-likeness (QED) is 0.776. The maximum atomic E-state index is 4.62. The van der Waals surface area contributed by atoms with Crippen molar-refractivity contribution in [2.24, 2.45) is 0 Å². The Labute approximate surface area is 104 Å². The number of pyridine rings is 1. The van der Waals surface area contributed by atoms with Crippen LogP contribution in [0.3, 0.4) is 0 Å². The van der Waals surface area contributed by atoms with Crippen molar-refractivity contribution in [3.8, 4) is 0 Å². The Kier molecular flexibility index (Phi) is 3.15. The molecule has 0 saturated heterocycles. The lowest BCUT2D eigenvalue weighted by Crippen LogP contribution is -2.38. The van der Waals surface area contributed by atoms with Gasteiger partial charge in [-0.25, -0.2) is 0 Å². The maximum Gasteiger partial charge on any atom is 0.0461 e. The first-order valence-corrected chi connectivity index (χ1v) is 7.07. The molecule has 0 unspecified atom stereocenters. The molecule has 2 heterocycles. The monoisotopic (exact) mass is 230 g/mol.